The molecule has 0 N–H and O–H groups in total. The fourth-order valence-electron chi connectivity index (χ4n) is 9.66. The van der Waals surface area contributed by atoms with Crippen LogP contribution in [0.4, 0.5) is 0 Å². The first kappa shape index (κ1) is 31.9. The van der Waals surface area contributed by atoms with Gasteiger partial charge in [0.2, 0.25) is 0 Å². The standard InChI is InChI=1S/C31H61NO4Si3/c1-29-18-15-24(35-38(7,8)9)21-23(29)13-14-25-26(29)16-19-30(2)27(25)17-20-31(30,36-39(10,11)12)28(32-33-3)22-34-37(4,5)6/h23-27H,13-22H2,1-12H3/b32-28-/t23-,24+,25?,26?,27?,29-,30-,31-/m0/s1. The highest BCUT2D eigenvalue weighted by molar-refractivity contribution is 6.70. The molecule has 0 radical (unpaired) electrons. The van der Waals surface area contributed by atoms with Crippen molar-refractivity contribution in [3.63, 3.8) is 0 Å². The van der Waals surface area contributed by atoms with Crippen molar-refractivity contribution < 1.29 is 18.1 Å². The molecule has 4 saturated carbocycles. The molecule has 4 aliphatic rings. The van der Waals surface area contributed by atoms with Gasteiger partial charge >= 0.3 is 0 Å². The van der Waals surface area contributed by atoms with Gasteiger partial charge in [-0.2, -0.15) is 0 Å². The van der Waals surface area contributed by atoms with Gasteiger partial charge in [0.1, 0.15) is 18.4 Å². The van der Waals surface area contributed by atoms with E-state index in [9.17, 15) is 0 Å². The maximum atomic E-state index is 7.36. The minimum Gasteiger partial charge on any atom is -0.415 e. The first-order chi connectivity index (χ1) is 17.8. The lowest BCUT2D eigenvalue weighted by molar-refractivity contribution is -0.139. The second-order valence-corrected chi connectivity index (χ2v) is 30.3. The van der Waals surface area contributed by atoms with Crippen molar-refractivity contribution >= 4 is 30.7 Å². The Morgan fingerprint density at radius 2 is 1.44 bits per heavy atom. The van der Waals surface area contributed by atoms with Crippen LogP contribution in [-0.2, 0) is 18.1 Å². The quantitative estimate of drug-likeness (QED) is 0.152. The minimum atomic E-state index is -1.89. The van der Waals surface area contributed by atoms with Crippen LogP contribution in [0.3, 0.4) is 0 Å². The molecule has 0 aliphatic heterocycles. The molecule has 226 valence electrons. The van der Waals surface area contributed by atoms with Crippen LogP contribution in [0.15, 0.2) is 5.16 Å². The third-order valence-corrected chi connectivity index (χ3v) is 14.1. The van der Waals surface area contributed by atoms with Gasteiger partial charge < -0.3 is 18.1 Å². The van der Waals surface area contributed by atoms with Crippen LogP contribution in [-0.4, -0.2) is 56.1 Å². The summed E-state index contributed by atoms with van der Waals surface area (Å²) < 4.78 is 20.5. The van der Waals surface area contributed by atoms with Crippen molar-refractivity contribution in [1.29, 1.82) is 0 Å². The number of nitrogens with zero attached hydrogens (tertiary/aromatic N) is 1. The van der Waals surface area contributed by atoms with Crippen LogP contribution in [0.25, 0.3) is 0 Å². The van der Waals surface area contributed by atoms with E-state index in [4.69, 9.17) is 23.3 Å². The zero-order chi connectivity index (χ0) is 29.1. The van der Waals surface area contributed by atoms with Crippen molar-refractivity contribution in [2.45, 2.75) is 142 Å². The summed E-state index contributed by atoms with van der Waals surface area (Å²) in [7, 11) is -3.43. The summed E-state index contributed by atoms with van der Waals surface area (Å²) in [5.74, 6) is 3.10. The Morgan fingerprint density at radius 3 is 2.03 bits per heavy atom. The molecule has 0 aromatic rings. The van der Waals surface area contributed by atoms with Gasteiger partial charge in [0.25, 0.3) is 0 Å². The summed E-state index contributed by atoms with van der Waals surface area (Å²) in [4.78, 5) is 5.53. The second kappa shape index (κ2) is 10.9. The van der Waals surface area contributed by atoms with Gasteiger partial charge in [0.15, 0.2) is 25.0 Å². The third-order valence-electron chi connectivity index (χ3n) is 11.0. The molecule has 5 nitrogen and oxygen atoms in total. The summed E-state index contributed by atoms with van der Waals surface area (Å²) in [5, 5.41) is 4.72. The smallest absolute Gasteiger partial charge is 0.185 e. The fourth-order valence-corrected chi connectivity index (χ4v) is 12.9. The summed E-state index contributed by atoms with van der Waals surface area (Å²) in [6, 6.07) is 0. The van der Waals surface area contributed by atoms with E-state index >= 15 is 0 Å². The number of oxime groups is 1. The Hall–Kier alpha value is 0.000649. The molecule has 0 heterocycles. The van der Waals surface area contributed by atoms with E-state index in [1.807, 2.05) is 0 Å². The van der Waals surface area contributed by atoms with Crippen LogP contribution in [0.1, 0.15) is 71.6 Å². The average molecular weight is 596 g/mol. The lowest BCUT2D eigenvalue weighted by Gasteiger charge is -2.62. The molecular weight excluding hydrogens is 535 g/mol. The normalized spacial score (nSPS) is 41.5. The molecule has 39 heavy (non-hydrogen) atoms. The van der Waals surface area contributed by atoms with Gasteiger partial charge in [-0.1, -0.05) is 19.0 Å². The van der Waals surface area contributed by atoms with E-state index in [0.29, 0.717) is 24.0 Å². The van der Waals surface area contributed by atoms with Crippen molar-refractivity contribution in [2.24, 2.45) is 39.7 Å². The molecule has 4 fully saturated rings. The number of hydrogen-bond acceptors (Lipinski definition) is 5. The van der Waals surface area contributed by atoms with Crippen LogP contribution in [0.2, 0.25) is 58.9 Å². The topological polar surface area (TPSA) is 49.3 Å². The lowest BCUT2D eigenvalue weighted by atomic mass is 9.44. The van der Waals surface area contributed by atoms with Crippen molar-refractivity contribution in [1.82, 2.24) is 0 Å². The van der Waals surface area contributed by atoms with Crippen LogP contribution < -0.4 is 0 Å². The first-order valence-electron chi connectivity index (χ1n) is 16.0. The van der Waals surface area contributed by atoms with Crippen LogP contribution >= 0.6 is 0 Å². The minimum absolute atomic E-state index is 0.0654. The Labute approximate surface area is 243 Å². The van der Waals surface area contributed by atoms with Crippen LogP contribution in [0.5, 0.6) is 0 Å². The van der Waals surface area contributed by atoms with Gasteiger partial charge in [0.05, 0.1) is 6.61 Å². The second-order valence-electron chi connectivity index (χ2n) is 16.9. The highest BCUT2D eigenvalue weighted by atomic mass is 28.4. The number of rotatable bonds is 9. The van der Waals surface area contributed by atoms with E-state index in [1.54, 1.807) is 7.11 Å². The van der Waals surface area contributed by atoms with Crippen molar-refractivity contribution in [2.75, 3.05) is 13.7 Å². The predicted molar refractivity (Wildman–Crippen MR) is 171 cm³/mol. The monoisotopic (exact) mass is 595 g/mol. The van der Waals surface area contributed by atoms with Crippen LogP contribution in [0, 0.1) is 34.5 Å². The number of hydrogen-bond donors (Lipinski definition) is 0. The average Bonchev–Trinajstić information content (AvgIpc) is 3.06. The van der Waals surface area contributed by atoms with Crippen molar-refractivity contribution in [3.05, 3.63) is 0 Å². The van der Waals surface area contributed by atoms with E-state index in [0.717, 1.165) is 29.9 Å². The Bertz CT molecular complexity index is 909. The summed E-state index contributed by atoms with van der Waals surface area (Å²) in [6.45, 7) is 26.6. The van der Waals surface area contributed by atoms with Crippen molar-refractivity contribution in [3.8, 4) is 0 Å². The molecule has 0 saturated heterocycles. The summed E-state index contributed by atoms with van der Waals surface area (Å²) >= 11 is 0. The van der Waals surface area contributed by atoms with Gasteiger partial charge in [-0.25, -0.2) is 0 Å². The summed E-state index contributed by atoms with van der Waals surface area (Å²) in [6.07, 6.45) is 11.9. The molecule has 0 aromatic heterocycles. The third kappa shape index (κ3) is 6.36. The molecule has 8 heteroatoms. The molecule has 0 aromatic carbocycles. The fraction of sp³-hybridized carbons (Fsp3) is 0.968. The largest absolute Gasteiger partial charge is 0.415 e. The molecule has 4 rings (SSSR count). The van der Waals surface area contributed by atoms with Gasteiger partial charge in [-0.3, -0.25) is 0 Å². The first-order valence-corrected chi connectivity index (χ1v) is 26.2. The molecule has 4 aliphatic carbocycles. The number of fused-ring (bicyclic) bond motifs is 5. The van der Waals surface area contributed by atoms with E-state index in [2.05, 4.69) is 72.8 Å². The highest BCUT2D eigenvalue weighted by Crippen LogP contribution is 2.69. The Morgan fingerprint density at radius 1 is 0.769 bits per heavy atom. The van der Waals surface area contributed by atoms with Gasteiger partial charge in [-0.15, -0.1) is 0 Å². The van der Waals surface area contributed by atoms with E-state index in [-0.39, 0.29) is 11.0 Å². The SMILES string of the molecule is CO/N=C(/CO[Si](C)(C)C)[C@@]1(O[Si](C)(C)C)CCC2C3CC[C@H]4C[C@H](O[Si](C)(C)C)CC[C@]4(C)C3CC[C@@]21C. The van der Waals surface area contributed by atoms with Gasteiger partial charge in [0, 0.05) is 11.5 Å². The highest BCUT2D eigenvalue weighted by Gasteiger charge is 2.67. The maximum absolute atomic E-state index is 7.36. The maximum Gasteiger partial charge on any atom is 0.185 e. The zero-order valence-electron chi connectivity index (χ0n) is 27.5. The summed E-state index contributed by atoms with van der Waals surface area (Å²) in [5.41, 5.74) is 1.15. The Balaban J connectivity index is 1.63. The molecule has 3 unspecified atom stereocenters. The van der Waals surface area contributed by atoms with E-state index < -0.39 is 25.0 Å². The predicted octanol–water partition coefficient (Wildman–Crippen LogP) is 8.69. The molecule has 0 bridgehead atoms. The molecule has 0 spiro atoms. The molecular formula is C31H61NO4Si3. The van der Waals surface area contributed by atoms with E-state index in [1.165, 1.54) is 51.4 Å². The lowest BCUT2D eigenvalue weighted by Crippen LogP contribution is -2.62. The Kier molecular flexibility index (Phi) is 8.95. The molecule has 8 atom stereocenters. The zero-order valence-corrected chi connectivity index (χ0v) is 30.5. The van der Waals surface area contributed by atoms with Gasteiger partial charge in [-0.05, 0) is 146 Å². The molecule has 0 amide bonds.